The summed E-state index contributed by atoms with van der Waals surface area (Å²) in [7, 11) is 0. The van der Waals surface area contributed by atoms with Gasteiger partial charge in [-0.25, -0.2) is 0 Å². The molecule has 112 valence electrons. The molecule has 1 amide bonds. The molecular weight excluding hydrogens is 264 g/mol. The fourth-order valence-corrected chi connectivity index (χ4v) is 3.00. The first-order valence-corrected chi connectivity index (χ1v) is 7.35. The van der Waals surface area contributed by atoms with Crippen molar-refractivity contribution in [3.63, 3.8) is 0 Å². The van der Waals surface area contributed by atoms with Crippen molar-refractivity contribution in [2.45, 2.75) is 39.0 Å². The van der Waals surface area contributed by atoms with Gasteiger partial charge in [-0.1, -0.05) is 0 Å². The number of unbranched alkanes of at least 4 members (excludes halogenated alkanes) is 1. The Morgan fingerprint density at radius 1 is 1.37 bits per heavy atom. The number of nitrogens with one attached hydrogen (secondary N) is 2. The van der Waals surface area contributed by atoms with E-state index in [1.807, 2.05) is 6.92 Å². The quantitative estimate of drug-likeness (QED) is 0.702. The molecule has 1 atom stereocenters. The van der Waals surface area contributed by atoms with Crippen LogP contribution in [-0.2, 0) is 9.53 Å². The van der Waals surface area contributed by atoms with Crippen LogP contribution in [0, 0.1) is 11.3 Å². The van der Waals surface area contributed by atoms with Gasteiger partial charge in [0, 0.05) is 25.7 Å². The maximum absolute atomic E-state index is 12.0. The van der Waals surface area contributed by atoms with Crippen molar-refractivity contribution in [3.8, 4) is 0 Å². The number of hydrogen-bond acceptors (Lipinski definition) is 3. The zero-order valence-electron chi connectivity index (χ0n) is 11.9. The molecule has 2 fully saturated rings. The SMILES string of the molecule is CCOCCCCNC(=O)C1CC12CCNCC2.Cl. The number of carbonyl (C=O) groups is 1. The summed E-state index contributed by atoms with van der Waals surface area (Å²) in [4.78, 5) is 12.0. The first-order valence-electron chi connectivity index (χ1n) is 7.35. The van der Waals surface area contributed by atoms with Crippen LogP contribution in [0.4, 0.5) is 0 Å². The molecule has 1 unspecified atom stereocenters. The molecule has 2 N–H and O–H groups in total. The van der Waals surface area contributed by atoms with Crippen molar-refractivity contribution in [1.82, 2.24) is 10.6 Å². The lowest BCUT2D eigenvalue weighted by Crippen LogP contribution is -2.34. The van der Waals surface area contributed by atoms with Crippen LogP contribution in [0.25, 0.3) is 0 Å². The van der Waals surface area contributed by atoms with Gasteiger partial charge in [0.15, 0.2) is 0 Å². The van der Waals surface area contributed by atoms with E-state index < -0.39 is 0 Å². The van der Waals surface area contributed by atoms with Gasteiger partial charge in [-0.05, 0) is 57.5 Å². The van der Waals surface area contributed by atoms with Crippen LogP contribution in [0.5, 0.6) is 0 Å². The predicted molar refractivity (Wildman–Crippen MR) is 78.6 cm³/mol. The van der Waals surface area contributed by atoms with Crippen molar-refractivity contribution in [2.24, 2.45) is 11.3 Å². The maximum atomic E-state index is 12.0. The highest BCUT2D eigenvalue weighted by molar-refractivity contribution is 5.85. The Morgan fingerprint density at radius 3 is 2.79 bits per heavy atom. The lowest BCUT2D eigenvalue weighted by atomic mass is 9.92. The summed E-state index contributed by atoms with van der Waals surface area (Å²) in [6.07, 6.45) is 5.52. The molecule has 1 saturated carbocycles. The Morgan fingerprint density at radius 2 is 2.11 bits per heavy atom. The highest BCUT2D eigenvalue weighted by atomic mass is 35.5. The summed E-state index contributed by atoms with van der Waals surface area (Å²) < 4.78 is 5.27. The second kappa shape index (κ2) is 8.08. The van der Waals surface area contributed by atoms with Crippen LogP contribution in [0.15, 0.2) is 0 Å². The molecular formula is C14H27ClN2O2. The lowest BCUT2D eigenvalue weighted by molar-refractivity contribution is -0.123. The number of carbonyl (C=O) groups excluding carboxylic acids is 1. The van der Waals surface area contributed by atoms with Gasteiger partial charge < -0.3 is 15.4 Å². The minimum Gasteiger partial charge on any atom is -0.382 e. The minimum atomic E-state index is 0. The molecule has 0 aromatic carbocycles. The molecule has 1 spiro atoms. The fourth-order valence-electron chi connectivity index (χ4n) is 3.00. The molecule has 5 heteroatoms. The smallest absolute Gasteiger partial charge is 0.223 e. The molecule has 0 aromatic rings. The third-order valence-corrected chi connectivity index (χ3v) is 4.32. The number of piperidine rings is 1. The van der Waals surface area contributed by atoms with Crippen LogP contribution < -0.4 is 10.6 Å². The van der Waals surface area contributed by atoms with E-state index in [0.717, 1.165) is 52.1 Å². The highest BCUT2D eigenvalue weighted by Crippen LogP contribution is 2.58. The summed E-state index contributed by atoms with van der Waals surface area (Å²) in [6, 6.07) is 0. The highest BCUT2D eigenvalue weighted by Gasteiger charge is 2.57. The van der Waals surface area contributed by atoms with Gasteiger partial charge in [0.05, 0.1) is 0 Å². The molecule has 0 aromatic heterocycles. The van der Waals surface area contributed by atoms with Gasteiger partial charge in [0.25, 0.3) is 0 Å². The molecule has 2 aliphatic rings. The molecule has 1 aliphatic carbocycles. The Kier molecular flexibility index (Phi) is 7.11. The summed E-state index contributed by atoms with van der Waals surface area (Å²) in [6.45, 7) is 6.57. The van der Waals surface area contributed by atoms with Crippen LogP contribution in [0.2, 0.25) is 0 Å². The van der Waals surface area contributed by atoms with Crippen molar-refractivity contribution >= 4 is 18.3 Å². The summed E-state index contributed by atoms with van der Waals surface area (Å²) >= 11 is 0. The minimum absolute atomic E-state index is 0. The van der Waals surface area contributed by atoms with Crippen LogP contribution >= 0.6 is 12.4 Å². The van der Waals surface area contributed by atoms with Gasteiger partial charge in [-0.15, -0.1) is 12.4 Å². The van der Waals surface area contributed by atoms with Gasteiger partial charge >= 0.3 is 0 Å². The second-order valence-electron chi connectivity index (χ2n) is 5.56. The van der Waals surface area contributed by atoms with Crippen molar-refractivity contribution < 1.29 is 9.53 Å². The standard InChI is InChI=1S/C14H26N2O2.ClH/c1-2-18-10-4-3-7-16-13(17)12-11-14(12)5-8-15-9-6-14;/h12,15H,2-11H2,1H3,(H,16,17);1H. The average Bonchev–Trinajstić information content (AvgIpc) is 3.08. The van der Waals surface area contributed by atoms with E-state index in [0.29, 0.717) is 11.3 Å². The Hall–Kier alpha value is -0.320. The Balaban J connectivity index is 0.00000180. The Bertz CT molecular complexity index is 281. The summed E-state index contributed by atoms with van der Waals surface area (Å²) in [5.74, 6) is 0.583. The van der Waals surface area contributed by atoms with Gasteiger partial charge in [-0.3, -0.25) is 4.79 Å². The summed E-state index contributed by atoms with van der Waals surface area (Å²) in [5, 5.41) is 6.44. The zero-order valence-corrected chi connectivity index (χ0v) is 12.7. The van der Waals surface area contributed by atoms with E-state index in [4.69, 9.17) is 4.74 Å². The van der Waals surface area contributed by atoms with Crippen molar-refractivity contribution in [2.75, 3.05) is 32.8 Å². The fraction of sp³-hybridized carbons (Fsp3) is 0.929. The topological polar surface area (TPSA) is 50.4 Å². The zero-order chi connectivity index (χ0) is 12.8. The molecule has 1 saturated heterocycles. The second-order valence-corrected chi connectivity index (χ2v) is 5.56. The normalized spacial score (nSPS) is 23.7. The molecule has 4 nitrogen and oxygen atoms in total. The Labute approximate surface area is 122 Å². The van der Waals surface area contributed by atoms with Crippen molar-refractivity contribution in [1.29, 1.82) is 0 Å². The molecule has 19 heavy (non-hydrogen) atoms. The van der Waals surface area contributed by atoms with Gasteiger partial charge in [0.1, 0.15) is 0 Å². The van der Waals surface area contributed by atoms with Crippen LogP contribution in [0.3, 0.4) is 0 Å². The number of rotatable bonds is 7. The first-order chi connectivity index (χ1) is 8.78. The lowest BCUT2D eigenvalue weighted by Gasteiger charge is -2.23. The maximum Gasteiger partial charge on any atom is 0.223 e. The largest absolute Gasteiger partial charge is 0.382 e. The van der Waals surface area contributed by atoms with E-state index in [2.05, 4.69) is 10.6 Å². The third kappa shape index (κ3) is 4.62. The molecule has 0 bridgehead atoms. The van der Waals surface area contributed by atoms with E-state index in [9.17, 15) is 4.79 Å². The number of hydrogen-bond donors (Lipinski definition) is 2. The molecule has 2 rings (SSSR count). The molecule has 1 aliphatic heterocycles. The van der Waals surface area contributed by atoms with Gasteiger partial charge in [-0.2, -0.15) is 0 Å². The number of ether oxygens (including phenoxy) is 1. The monoisotopic (exact) mass is 290 g/mol. The molecule has 0 radical (unpaired) electrons. The van der Waals surface area contributed by atoms with Gasteiger partial charge in [0.2, 0.25) is 5.91 Å². The first kappa shape index (κ1) is 16.7. The van der Waals surface area contributed by atoms with Crippen LogP contribution in [0.1, 0.15) is 39.0 Å². The van der Waals surface area contributed by atoms with E-state index >= 15 is 0 Å². The third-order valence-electron chi connectivity index (χ3n) is 4.32. The summed E-state index contributed by atoms with van der Waals surface area (Å²) in [5.41, 5.74) is 0.362. The number of amides is 1. The van der Waals surface area contributed by atoms with E-state index in [1.165, 1.54) is 12.8 Å². The van der Waals surface area contributed by atoms with Crippen LogP contribution in [-0.4, -0.2) is 38.8 Å². The van der Waals surface area contributed by atoms with Crippen molar-refractivity contribution in [3.05, 3.63) is 0 Å². The van der Waals surface area contributed by atoms with E-state index in [-0.39, 0.29) is 18.3 Å². The average molecular weight is 291 g/mol. The predicted octanol–water partition coefficient (Wildman–Crippen LogP) is 1.73. The van der Waals surface area contributed by atoms with E-state index in [1.54, 1.807) is 0 Å². The molecule has 1 heterocycles. The number of halogens is 1.